The van der Waals surface area contributed by atoms with Crippen LogP contribution in [0.4, 0.5) is 5.69 Å². The van der Waals surface area contributed by atoms with E-state index in [2.05, 4.69) is 17.1 Å². The van der Waals surface area contributed by atoms with Crippen LogP contribution in [0.3, 0.4) is 0 Å². The Morgan fingerprint density at radius 2 is 1.50 bits per heavy atom. The lowest BCUT2D eigenvalue weighted by Gasteiger charge is -2.57. The maximum absolute atomic E-state index is 10.3. The van der Waals surface area contributed by atoms with Crippen molar-refractivity contribution in [3.8, 4) is 11.5 Å². The second kappa shape index (κ2) is 5.87. The minimum Gasteiger partial charge on any atom is -0.507 e. The highest BCUT2D eigenvalue weighted by Gasteiger charge is 2.51. The van der Waals surface area contributed by atoms with Crippen molar-refractivity contribution in [2.45, 2.75) is 43.9 Å². The topological polar surface area (TPSA) is 52.8 Å². The first-order valence-corrected chi connectivity index (χ1v) is 9.77. The smallest absolute Gasteiger partial charge is 0.141 e. The molecule has 2 aromatic rings. The molecule has 0 amide bonds. The van der Waals surface area contributed by atoms with Crippen molar-refractivity contribution in [1.82, 2.24) is 0 Å². The van der Waals surface area contributed by atoms with E-state index < -0.39 is 0 Å². The molecule has 0 aliphatic heterocycles. The van der Waals surface area contributed by atoms with Gasteiger partial charge >= 0.3 is 0 Å². The highest BCUT2D eigenvalue weighted by atomic mass is 16.3. The summed E-state index contributed by atoms with van der Waals surface area (Å²) in [7, 11) is 0. The van der Waals surface area contributed by atoms with Gasteiger partial charge in [0.05, 0.1) is 0 Å². The van der Waals surface area contributed by atoms with Crippen molar-refractivity contribution in [2.24, 2.45) is 22.7 Å². The number of aliphatic imine (C=N–C) groups is 1. The first kappa shape index (κ1) is 15.9. The maximum Gasteiger partial charge on any atom is 0.141 e. The summed E-state index contributed by atoms with van der Waals surface area (Å²) in [5.41, 5.74) is 2.90. The van der Waals surface area contributed by atoms with E-state index in [1.54, 1.807) is 24.4 Å². The van der Waals surface area contributed by atoms with Crippen molar-refractivity contribution in [3.63, 3.8) is 0 Å². The normalized spacial score (nSPS) is 32.4. The van der Waals surface area contributed by atoms with Crippen LogP contribution < -0.4 is 0 Å². The Balaban J connectivity index is 1.49. The molecule has 0 unspecified atom stereocenters. The average molecular weight is 347 g/mol. The zero-order chi connectivity index (χ0) is 17.7. The fourth-order valence-corrected chi connectivity index (χ4v) is 6.16. The number of nitrogens with zero attached hydrogens (tertiary/aromatic N) is 1. The molecule has 4 aliphatic carbocycles. The van der Waals surface area contributed by atoms with Gasteiger partial charge in [0, 0.05) is 11.8 Å². The molecule has 0 saturated heterocycles. The Morgan fingerprint density at radius 1 is 0.846 bits per heavy atom. The standard InChI is InChI=1S/C23H25NO2/c25-21-4-2-1-3-18(21)14-24-20-10-19(5-6-22(20)26)23-11-15-7-16(12-23)9-17(8-15)13-23/h1-6,10,14-17,25-26H,7-9,11-13H2. The van der Waals surface area contributed by atoms with Gasteiger partial charge in [-0.25, -0.2) is 0 Å². The van der Waals surface area contributed by atoms with E-state index in [4.69, 9.17) is 0 Å². The van der Waals surface area contributed by atoms with Crippen LogP contribution in [0.5, 0.6) is 11.5 Å². The van der Waals surface area contributed by atoms with Crippen molar-refractivity contribution < 1.29 is 10.2 Å². The van der Waals surface area contributed by atoms with E-state index in [0.29, 0.717) is 16.7 Å². The molecule has 0 aromatic heterocycles. The largest absolute Gasteiger partial charge is 0.507 e. The lowest BCUT2D eigenvalue weighted by Crippen LogP contribution is -2.48. The molecule has 4 fully saturated rings. The Hall–Kier alpha value is -2.29. The number of phenols is 2. The quantitative estimate of drug-likeness (QED) is 0.739. The molecule has 3 nitrogen and oxygen atoms in total. The van der Waals surface area contributed by atoms with E-state index in [1.165, 1.54) is 44.1 Å². The van der Waals surface area contributed by atoms with E-state index >= 15 is 0 Å². The van der Waals surface area contributed by atoms with Gasteiger partial charge in [-0.05, 0) is 91.5 Å². The monoisotopic (exact) mass is 347 g/mol. The summed E-state index contributed by atoms with van der Waals surface area (Å²) < 4.78 is 0. The molecule has 0 radical (unpaired) electrons. The number of rotatable bonds is 3. The molecule has 0 heterocycles. The van der Waals surface area contributed by atoms with Gasteiger partial charge in [0.1, 0.15) is 17.2 Å². The number of aromatic hydroxyl groups is 2. The third kappa shape index (κ3) is 2.61. The average Bonchev–Trinajstić information content (AvgIpc) is 2.61. The molecule has 3 heteroatoms. The third-order valence-electron chi connectivity index (χ3n) is 6.91. The zero-order valence-corrected chi connectivity index (χ0v) is 14.9. The van der Waals surface area contributed by atoms with Crippen molar-refractivity contribution in [3.05, 3.63) is 53.6 Å². The summed E-state index contributed by atoms with van der Waals surface area (Å²) in [5.74, 6) is 3.08. The molecule has 134 valence electrons. The highest BCUT2D eigenvalue weighted by Crippen LogP contribution is 2.61. The molecule has 2 aromatic carbocycles. The van der Waals surface area contributed by atoms with Gasteiger partial charge in [0.15, 0.2) is 0 Å². The van der Waals surface area contributed by atoms with Crippen LogP contribution in [0, 0.1) is 17.8 Å². The van der Waals surface area contributed by atoms with Crippen LogP contribution in [-0.4, -0.2) is 16.4 Å². The summed E-state index contributed by atoms with van der Waals surface area (Å²) in [4.78, 5) is 4.49. The molecule has 4 bridgehead atoms. The third-order valence-corrected chi connectivity index (χ3v) is 6.91. The molecular weight excluding hydrogens is 322 g/mol. The Morgan fingerprint density at radius 3 is 2.15 bits per heavy atom. The molecule has 2 N–H and O–H groups in total. The van der Waals surface area contributed by atoms with Crippen LogP contribution in [0.15, 0.2) is 47.5 Å². The highest BCUT2D eigenvalue weighted by molar-refractivity contribution is 5.85. The number of hydrogen-bond acceptors (Lipinski definition) is 3. The van der Waals surface area contributed by atoms with Crippen LogP contribution in [-0.2, 0) is 5.41 Å². The molecular formula is C23H25NO2. The van der Waals surface area contributed by atoms with Gasteiger partial charge in [0.2, 0.25) is 0 Å². The molecule has 0 atom stereocenters. The van der Waals surface area contributed by atoms with Gasteiger partial charge in [-0.3, -0.25) is 4.99 Å². The first-order valence-electron chi connectivity index (χ1n) is 9.77. The molecule has 0 spiro atoms. The van der Waals surface area contributed by atoms with E-state index in [0.717, 1.165) is 17.8 Å². The van der Waals surface area contributed by atoms with Gasteiger partial charge in [-0.1, -0.05) is 18.2 Å². The first-order chi connectivity index (χ1) is 12.6. The summed E-state index contributed by atoms with van der Waals surface area (Å²) in [5, 5.41) is 20.2. The number of hydrogen-bond donors (Lipinski definition) is 2. The summed E-state index contributed by atoms with van der Waals surface area (Å²) in [6.07, 6.45) is 9.81. The Bertz CT molecular complexity index is 835. The van der Waals surface area contributed by atoms with Crippen LogP contribution in [0.25, 0.3) is 0 Å². The minimum absolute atomic E-state index is 0.199. The minimum atomic E-state index is 0.199. The van der Waals surface area contributed by atoms with Gasteiger partial charge in [-0.15, -0.1) is 0 Å². The predicted molar refractivity (Wildman–Crippen MR) is 103 cm³/mol. The molecule has 4 saturated carbocycles. The lowest BCUT2D eigenvalue weighted by molar-refractivity contribution is -0.00518. The van der Waals surface area contributed by atoms with E-state index in [-0.39, 0.29) is 11.5 Å². The summed E-state index contributed by atoms with van der Waals surface area (Å²) in [6.45, 7) is 0. The maximum atomic E-state index is 10.3. The Kier molecular flexibility index (Phi) is 3.59. The van der Waals surface area contributed by atoms with Crippen molar-refractivity contribution in [2.75, 3.05) is 0 Å². The number of phenolic OH excluding ortho intramolecular Hbond substituents is 2. The van der Waals surface area contributed by atoms with Gasteiger partial charge in [0.25, 0.3) is 0 Å². The number of benzene rings is 2. The Labute approximate surface area is 154 Å². The van der Waals surface area contributed by atoms with Crippen molar-refractivity contribution >= 4 is 11.9 Å². The van der Waals surface area contributed by atoms with Crippen LogP contribution >= 0.6 is 0 Å². The second-order valence-electron chi connectivity index (χ2n) is 8.72. The summed E-state index contributed by atoms with van der Waals surface area (Å²) in [6, 6.07) is 13.1. The lowest BCUT2D eigenvalue weighted by atomic mass is 9.48. The molecule has 26 heavy (non-hydrogen) atoms. The zero-order valence-electron chi connectivity index (χ0n) is 14.9. The fourth-order valence-electron chi connectivity index (χ4n) is 6.16. The predicted octanol–water partition coefficient (Wildman–Crippen LogP) is 5.32. The molecule has 6 rings (SSSR count). The SMILES string of the molecule is Oc1ccccc1C=Nc1cc(C23CC4CC(CC(C4)C2)C3)ccc1O. The van der Waals surface area contributed by atoms with E-state index in [9.17, 15) is 10.2 Å². The summed E-state index contributed by atoms with van der Waals surface area (Å²) >= 11 is 0. The number of para-hydroxylation sites is 1. The van der Waals surface area contributed by atoms with Gasteiger partial charge < -0.3 is 10.2 Å². The second-order valence-corrected chi connectivity index (χ2v) is 8.72. The van der Waals surface area contributed by atoms with Crippen LogP contribution in [0.1, 0.15) is 49.7 Å². The van der Waals surface area contributed by atoms with Crippen LogP contribution in [0.2, 0.25) is 0 Å². The molecule has 4 aliphatic rings. The van der Waals surface area contributed by atoms with Gasteiger partial charge in [-0.2, -0.15) is 0 Å². The fraction of sp³-hybridized carbons (Fsp3) is 0.435. The van der Waals surface area contributed by atoms with Crippen molar-refractivity contribution in [1.29, 1.82) is 0 Å². The van der Waals surface area contributed by atoms with E-state index in [1.807, 2.05) is 12.1 Å².